The lowest BCUT2D eigenvalue weighted by molar-refractivity contribution is -0.0543. The number of aromatic nitrogens is 1. The van der Waals surface area contributed by atoms with Crippen molar-refractivity contribution in [2.45, 2.75) is 23.3 Å². The molecule has 0 aliphatic carbocycles. The van der Waals surface area contributed by atoms with E-state index in [9.17, 15) is 13.5 Å². The highest BCUT2D eigenvalue weighted by Gasteiger charge is 2.31. The third kappa shape index (κ3) is 3.35. The fourth-order valence-electron chi connectivity index (χ4n) is 1.94. The van der Waals surface area contributed by atoms with E-state index in [1.54, 1.807) is 0 Å². The summed E-state index contributed by atoms with van der Waals surface area (Å²) in [6, 6.07) is 0. The molecule has 19 heavy (non-hydrogen) atoms. The van der Waals surface area contributed by atoms with Gasteiger partial charge in [0.15, 0.2) is 15.7 Å². The highest BCUT2D eigenvalue weighted by molar-refractivity contribution is 7.91. The lowest BCUT2D eigenvalue weighted by atomic mass is 9.94. The van der Waals surface area contributed by atoms with Crippen LogP contribution in [-0.2, 0) is 14.6 Å². The molecular formula is C10H17N3O4S2. The van der Waals surface area contributed by atoms with E-state index in [-0.39, 0.29) is 17.3 Å². The van der Waals surface area contributed by atoms with Crippen LogP contribution in [0.2, 0.25) is 0 Å². The van der Waals surface area contributed by atoms with Crippen LogP contribution in [0.15, 0.2) is 4.90 Å². The molecule has 0 radical (unpaired) electrons. The summed E-state index contributed by atoms with van der Waals surface area (Å²) in [5.74, 6) is -0.00559. The first kappa shape index (κ1) is 14.5. The van der Waals surface area contributed by atoms with Gasteiger partial charge in [-0.1, -0.05) is 0 Å². The fraction of sp³-hybridized carbons (Fsp3) is 0.700. The van der Waals surface area contributed by atoms with Crippen LogP contribution in [0, 0.1) is 0 Å². The molecule has 1 saturated heterocycles. The first-order chi connectivity index (χ1) is 8.82. The van der Waals surface area contributed by atoms with Crippen LogP contribution in [0.3, 0.4) is 0 Å². The molecule has 1 aliphatic heterocycles. The molecule has 2 heterocycles. The Morgan fingerprint density at radius 3 is 2.74 bits per heavy atom. The molecule has 1 fully saturated rings. The molecule has 1 aromatic heterocycles. The Kier molecular flexibility index (Phi) is 4.00. The van der Waals surface area contributed by atoms with Crippen molar-refractivity contribution in [1.82, 2.24) is 4.37 Å². The number of rotatable bonds is 4. The monoisotopic (exact) mass is 307 g/mol. The smallest absolute Gasteiger partial charge is 0.182 e. The van der Waals surface area contributed by atoms with E-state index in [0.717, 1.165) is 17.8 Å². The maximum absolute atomic E-state index is 11.6. The van der Waals surface area contributed by atoms with Gasteiger partial charge in [-0.25, -0.2) is 8.42 Å². The minimum atomic E-state index is -3.44. The van der Waals surface area contributed by atoms with Crippen LogP contribution in [0.25, 0.3) is 0 Å². The largest absolute Gasteiger partial charge is 0.388 e. The summed E-state index contributed by atoms with van der Waals surface area (Å²) in [5.41, 5.74) is 4.68. The van der Waals surface area contributed by atoms with Crippen molar-refractivity contribution in [3.05, 3.63) is 0 Å². The van der Waals surface area contributed by atoms with E-state index in [1.807, 2.05) is 0 Å². The minimum Gasteiger partial charge on any atom is -0.388 e. The van der Waals surface area contributed by atoms with Crippen molar-refractivity contribution in [2.24, 2.45) is 0 Å². The highest BCUT2D eigenvalue weighted by Crippen LogP contribution is 2.32. The van der Waals surface area contributed by atoms with E-state index >= 15 is 0 Å². The van der Waals surface area contributed by atoms with Gasteiger partial charge in [0.25, 0.3) is 0 Å². The number of ether oxygens (including phenoxy) is 1. The minimum absolute atomic E-state index is 0.00559. The van der Waals surface area contributed by atoms with Crippen LogP contribution >= 0.6 is 11.5 Å². The van der Waals surface area contributed by atoms with Crippen molar-refractivity contribution in [1.29, 1.82) is 0 Å². The molecule has 1 aliphatic rings. The first-order valence-corrected chi connectivity index (χ1v) is 8.47. The normalized spacial score (nSPS) is 19.3. The van der Waals surface area contributed by atoms with Gasteiger partial charge in [0.2, 0.25) is 0 Å². The van der Waals surface area contributed by atoms with Crippen LogP contribution < -0.4 is 11.1 Å². The predicted octanol–water partition coefficient (Wildman–Crippen LogP) is 0.0822. The Hall–Kier alpha value is -0.900. The summed E-state index contributed by atoms with van der Waals surface area (Å²) in [7, 11) is -3.44. The fourth-order valence-corrected chi connectivity index (χ4v) is 4.00. The SMILES string of the molecule is CS(=O)(=O)c1c(N)nsc1NCC1(O)CCOCC1. The Morgan fingerprint density at radius 1 is 1.53 bits per heavy atom. The zero-order valence-corrected chi connectivity index (χ0v) is 12.2. The summed E-state index contributed by atoms with van der Waals surface area (Å²) < 4.78 is 32.3. The summed E-state index contributed by atoms with van der Waals surface area (Å²) in [4.78, 5) is 0.00756. The standard InChI is InChI=1S/C10H17N3O4S2/c1-19(15,16)7-8(11)13-18-9(7)12-6-10(14)2-4-17-5-3-10/h12,14H,2-6H2,1H3,(H2,11,13). The Labute approximate surface area is 115 Å². The number of nitrogens with two attached hydrogens (primary N) is 1. The van der Waals surface area contributed by atoms with Crippen molar-refractivity contribution < 1.29 is 18.3 Å². The quantitative estimate of drug-likeness (QED) is 0.721. The van der Waals surface area contributed by atoms with Crippen LogP contribution in [-0.4, -0.2) is 49.5 Å². The van der Waals surface area contributed by atoms with Crippen molar-refractivity contribution in [2.75, 3.05) is 37.1 Å². The van der Waals surface area contributed by atoms with Crippen molar-refractivity contribution >= 4 is 32.2 Å². The number of hydrogen-bond donors (Lipinski definition) is 3. The molecular weight excluding hydrogens is 290 g/mol. The van der Waals surface area contributed by atoms with E-state index in [1.165, 1.54) is 0 Å². The second-order valence-corrected chi connectivity index (χ2v) is 7.41. The summed E-state index contributed by atoms with van der Waals surface area (Å²) in [5, 5.41) is 13.6. The molecule has 0 saturated carbocycles. The lowest BCUT2D eigenvalue weighted by Gasteiger charge is -2.32. The molecule has 1 aromatic rings. The molecule has 108 valence electrons. The number of nitrogens with zero attached hydrogens (tertiary/aromatic N) is 1. The van der Waals surface area contributed by atoms with Crippen LogP contribution in [0.1, 0.15) is 12.8 Å². The average Bonchev–Trinajstić information content (AvgIpc) is 2.69. The zero-order valence-electron chi connectivity index (χ0n) is 10.5. The van der Waals surface area contributed by atoms with Crippen molar-refractivity contribution in [3.8, 4) is 0 Å². The maximum atomic E-state index is 11.6. The molecule has 7 nitrogen and oxygen atoms in total. The van der Waals surface area contributed by atoms with Gasteiger partial charge in [-0.05, 0) is 11.5 Å². The van der Waals surface area contributed by atoms with Gasteiger partial charge in [0, 0.05) is 38.9 Å². The van der Waals surface area contributed by atoms with E-state index in [0.29, 0.717) is 31.1 Å². The molecule has 0 unspecified atom stereocenters. The van der Waals surface area contributed by atoms with Gasteiger partial charge in [0.1, 0.15) is 9.90 Å². The van der Waals surface area contributed by atoms with Crippen molar-refractivity contribution in [3.63, 3.8) is 0 Å². The van der Waals surface area contributed by atoms with Crippen LogP contribution in [0.4, 0.5) is 10.8 Å². The lowest BCUT2D eigenvalue weighted by Crippen LogP contribution is -2.42. The molecule has 9 heteroatoms. The molecule has 4 N–H and O–H groups in total. The maximum Gasteiger partial charge on any atom is 0.182 e. The van der Waals surface area contributed by atoms with Gasteiger partial charge in [-0.3, -0.25) is 0 Å². The number of anilines is 2. The zero-order chi connectivity index (χ0) is 14.1. The number of aliphatic hydroxyl groups is 1. The predicted molar refractivity (Wildman–Crippen MR) is 73.1 cm³/mol. The average molecular weight is 307 g/mol. The summed E-state index contributed by atoms with van der Waals surface area (Å²) >= 11 is 0.983. The third-order valence-corrected chi connectivity index (χ3v) is 5.15. The van der Waals surface area contributed by atoms with Gasteiger partial charge >= 0.3 is 0 Å². The molecule has 2 rings (SSSR count). The Balaban J connectivity index is 2.12. The Bertz CT molecular complexity index is 549. The number of nitrogen functional groups attached to an aromatic ring is 1. The number of nitrogens with one attached hydrogen (secondary N) is 1. The molecule has 0 bridgehead atoms. The molecule has 0 aromatic carbocycles. The van der Waals surface area contributed by atoms with Gasteiger partial charge < -0.3 is 20.9 Å². The van der Waals surface area contributed by atoms with Gasteiger partial charge in [0.05, 0.1) is 5.60 Å². The molecule has 0 spiro atoms. The van der Waals surface area contributed by atoms with Gasteiger partial charge in [-0.2, -0.15) is 4.37 Å². The van der Waals surface area contributed by atoms with Gasteiger partial charge in [-0.15, -0.1) is 0 Å². The highest BCUT2D eigenvalue weighted by atomic mass is 32.2. The summed E-state index contributed by atoms with van der Waals surface area (Å²) in [6.45, 7) is 1.25. The third-order valence-electron chi connectivity index (χ3n) is 3.05. The first-order valence-electron chi connectivity index (χ1n) is 5.81. The topological polar surface area (TPSA) is 115 Å². The second kappa shape index (κ2) is 5.23. The molecule has 0 atom stereocenters. The number of hydrogen-bond acceptors (Lipinski definition) is 8. The second-order valence-electron chi connectivity index (χ2n) is 4.69. The summed E-state index contributed by atoms with van der Waals surface area (Å²) in [6.07, 6.45) is 2.12. The number of sulfone groups is 1. The Morgan fingerprint density at radius 2 is 2.16 bits per heavy atom. The van der Waals surface area contributed by atoms with E-state index < -0.39 is 15.4 Å². The molecule has 0 amide bonds. The van der Waals surface area contributed by atoms with E-state index in [2.05, 4.69) is 9.69 Å². The van der Waals surface area contributed by atoms with Crippen LogP contribution in [0.5, 0.6) is 0 Å². The van der Waals surface area contributed by atoms with E-state index in [4.69, 9.17) is 10.5 Å².